The normalized spacial score (nSPS) is 11.0. The summed E-state index contributed by atoms with van der Waals surface area (Å²) >= 11 is 9.66. The van der Waals surface area contributed by atoms with E-state index in [1.54, 1.807) is 19.2 Å². The minimum absolute atomic E-state index is 0.0169. The van der Waals surface area contributed by atoms with Gasteiger partial charge in [-0.2, -0.15) is 0 Å². The first-order chi connectivity index (χ1) is 12.4. The highest BCUT2D eigenvalue weighted by Crippen LogP contribution is 2.37. The van der Waals surface area contributed by atoms with Crippen LogP contribution >= 0.6 is 27.5 Å². The predicted molar refractivity (Wildman–Crippen MR) is 107 cm³/mol. The number of rotatable bonds is 9. The first kappa shape index (κ1) is 21.0. The number of benzene rings is 2. The van der Waals surface area contributed by atoms with Crippen molar-refractivity contribution in [1.82, 2.24) is 10.2 Å². The van der Waals surface area contributed by atoms with Gasteiger partial charge >= 0.3 is 0 Å². The van der Waals surface area contributed by atoms with E-state index in [0.717, 1.165) is 23.1 Å². The fraction of sp³-hybridized carbons (Fsp3) is 0.368. The van der Waals surface area contributed by atoms with Gasteiger partial charge in [0.15, 0.2) is 11.5 Å². The van der Waals surface area contributed by atoms with E-state index >= 15 is 0 Å². The summed E-state index contributed by atoms with van der Waals surface area (Å²) in [5, 5.41) is 3.72. The molecule has 0 atom stereocenters. The van der Waals surface area contributed by atoms with E-state index in [1.165, 1.54) is 6.07 Å². The highest BCUT2D eigenvalue weighted by Gasteiger charge is 2.16. The van der Waals surface area contributed by atoms with Crippen LogP contribution < -0.4 is 14.8 Å². The second kappa shape index (κ2) is 10.1. The van der Waals surface area contributed by atoms with Crippen LogP contribution in [0.2, 0.25) is 5.02 Å². The second-order valence-electron chi connectivity index (χ2n) is 6.03. The molecule has 0 fully saturated rings. The van der Waals surface area contributed by atoms with E-state index in [1.807, 2.05) is 26.2 Å². The van der Waals surface area contributed by atoms with Crippen LogP contribution in [0.25, 0.3) is 0 Å². The summed E-state index contributed by atoms with van der Waals surface area (Å²) in [4.78, 5) is 2.10. The molecule has 2 aromatic carbocycles. The van der Waals surface area contributed by atoms with Gasteiger partial charge in [0.25, 0.3) is 0 Å². The molecule has 2 aromatic rings. The third-order valence-corrected chi connectivity index (χ3v) is 4.94. The number of hydrogen-bond acceptors (Lipinski definition) is 4. The lowest BCUT2D eigenvalue weighted by molar-refractivity contribution is 0.275. The molecule has 0 spiro atoms. The lowest BCUT2D eigenvalue weighted by Gasteiger charge is -2.18. The van der Waals surface area contributed by atoms with Crippen LogP contribution in [0.4, 0.5) is 4.39 Å². The molecule has 26 heavy (non-hydrogen) atoms. The summed E-state index contributed by atoms with van der Waals surface area (Å²) in [6, 6.07) is 8.30. The van der Waals surface area contributed by atoms with Gasteiger partial charge < -0.3 is 19.7 Å². The molecule has 7 heteroatoms. The molecule has 0 saturated carbocycles. The molecule has 0 amide bonds. The molecule has 0 aliphatic heterocycles. The van der Waals surface area contributed by atoms with Crippen LogP contribution in [-0.2, 0) is 13.2 Å². The van der Waals surface area contributed by atoms with E-state index in [-0.39, 0.29) is 6.61 Å². The van der Waals surface area contributed by atoms with Crippen molar-refractivity contribution < 1.29 is 13.9 Å². The Morgan fingerprint density at radius 1 is 1.19 bits per heavy atom. The van der Waals surface area contributed by atoms with Crippen molar-refractivity contribution in [2.45, 2.75) is 13.2 Å². The maximum atomic E-state index is 14.0. The van der Waals surface area contributed by atoms with Gasteiger partial charge in [0.1, 0.15) is 12.4 Å². The van der Waals surface area contributed by atoms with Gasteiger partial charge in [0.05, 0.1) is 12.1 Å². The highest BCUT2D eigenvalue weighted by molar-refractivity contribution is 9.10. The minimum Gasteiger partial charge on any atom is -0.493 e. The molecule has 0 aliphatic carbocycles. The van der Waals surface area contributed by atoms with Gasteiger partial charge in [0, 0.05) is 35.2 Å². The topological polar surface area (TPSA) is 33.7 Å². The molecule has 1 N–H and O–H groups in total. The first-order valence-electron chi connectivity index (χ1n) is 8.20. The minimum atomic E-state index is -0.392. The van der Waals surface area contributed by atoms with Gasteiger partial charge in [-0.15, -0.1) is 0 Å². The summed E-state index contributed by atoms with van der Waals surface area (Å²) in [5.74, 6) is 0.765. The Bertz CT molecular complexity index is 723. The molecular weight excluding hydrogens is 423 g/mol. The van der Waals surface area contributed by atoms with Crippen molar-refractivity contribution in [3.63, 3.8) is 0 Å². The molecule has 0 unspecified atom stereocenters. The van der Waals surface area contributed by atoms with Gasteiger partial charge in [0.2, 0.25) is 0 Å². The van der Waals surface area contributed by atoms with Crippen LogP contribution in [0.1, 0.15) is 11.1 Å². The maximum absolute atomic E-state index is 14.0. The van der Waals surface area contributed by atoms with Crippen molar-refractivity contribution in [2.75, 3.05) is 34.3 Å². The average molecular weight is 446 g/mol. The van der Waals surface area contributed by atoms with Gasteiger partial charge in [-0.05, 0) is 38.4 Å². The SMILES string of the molecule is COc1ccc(Br)c(CNCCN(C)C)c1OCc1c(F)cccc1Cl. The molecule has 0 heterocycles. The first-order valence-corrected chi connectivity index (χ1v) is 9.37. The molecule has 0 aromatic heterocycles. The monoisotopic (exact) mass is 444 g/mol. The molecule has 0 radical (unpaired) electrons. The Morgan fingerprint density at radius 2 is 1.96 bits per heavy atom. The van der Waals surface area contributed by atoms with Crippen molar-refractivity contribution in [3.05, 3.63) is 56.8 Å². The third kappa shape index (κ3) is 5.58. The number of nitrogens with zero attached hydrogens (tertiary/aromatic N) is 1. The summed E-state index contributed by atoms with van der Waals surface area (Å²) < 4.78 is 26.3. The van der Waals surface area contributed by atoms with Crippen LogP contribution in [0.3, 0.4) is 0 Å². The van der Waals surface area contributed by atoms with Crippen LogP contribution in [-0.4, -0.2) is 39.2 Å². The third-order valence-electron chi connectivity index (χ3n) is 3.85. The maximum Gasteiger partial charge on any atom is 0.167 e. The quantitative estimate of drug-likeness (QED) is 0.577. The van der Waals surface area contributed by atoms with Crippen LogP contribution in [0.15, 0.2) is 34.8 Å². The van der Waals surface area contributed by atoms with Crippen molar-refractivity contribution in [2.24, 2.45) is 0 Å². The van der Waals surface area contributed by atoms with Crippen molar-refractivity contribution in [3.8, 4) is 11.5 Å². The molecule has 2 rings (SSSR count). The molecule has 4 nitrogen and oxygen atoms in total. The fourth-order valence-electron chi connectivity index (χ4n) is 2.40. The number of halogens is 3. The molecule has 0 saturated heterocycles. The lowest BCUT2D eigenvalue weighted by atomic mass is 10.1. The number of likely N-dealkylation sites (N-methyl/N-ethyl adjacent to an activating group) is 1. The lowest BCUT2D eigenvalue weighted by Crippen LogP contribution is -2.26. The second-order valence-corrected chi connectivity index (χ2v) is 7.29. The summed E-state index contributed by atoms with van der Waals surface area (Å²) in [7, 11) is 5.63. The number of nitrogens with one attached hydrogen (secondary N) is 1. The van der Waals surface area contributed by atoms with Crippen LogP contribution in [0, 0.1) is 5.82 Å². The number of methoxy groups -OCH3 is 1. The summed E-state index contributed by atoms with van der Waals surface area (Å²) in [6.07, 6.45) is 0. The predicted octanol–water partition coefficient (Wildman–Crippen LogP) is 4.48. The number of hydrogen-bond donors (Lipinski definition) is 1. The zero-order valence-electron chi connectivity index (χ0n) is 15.1. The number of ether oxygens (including phenoxy) is 2. The Morgan fingerprint density at radius 3 is 2.62 bits per heavy atom. The Kier molecular flexibility index (Phi) is 8.15. The van der Waals surface area contributed by atoms with Crippen LogP contribution in [0.5, 0.6) is 11.5 Å². The average Bonchev–Trinajstić information content (AvgIpc) is 2.59. The van der Waals surface area contributed by atoms with E-state index in [9.17, 15) is 4.39 Å². The smallest absolute Gasteiger partial charge is 0.167 e. The van der Waals surface area contributed by atoms with Crippen molar-refractivity contribution in [1.29, 1.82) is 0 Å². The van der Waals surface area contributed by atoms with E-state index in [2.05, 4.69) is 26.1 Å². The fourth-order valence-corrected chi connectivity index (χ4v) is 3.07. The molecule has 0 bridgehead atoms. The summed E-state index contributed by atoms with van der Waals surface area (Å²) in [5.41, 5.74) is 1.23. The Balaban J connectivity index is 2.20. The van der Waals surface area contributed by atoms with Crippen molar-refractivity contribution >= 4 is 27.5 Å². The zero-order chi connectivity index (χ0) is 19.1. The largest absolute Gasteiger partial charge is 0.493 e. The molecule has 142 valence electrons. The zero-order valence-corrected chi connectivity index (χ0v) is 17.5. The Labute approximate surface area is 167 Å². The molecular formula is C19H23BrClFN2O2. The van der Waals surface area contributed by atoms with E-state index < -0.39 is 5.82 Å². The molecule has 0 aliphatic rings. The van der Waals surface area contributed by atoms with Gasteiger partial charge in [-0.1, -0.05) is 33.6 Å². The highest BCUT2D eigenvalue weighted by atomic mass is 79.9. The Hall–Kier alpha value is -1.34. The standard InChI is InChI=1S/C19H23BrClFN2O2/c1-24(2)10-9-23-11-13-15(20)7-8-18(25-3)19(13)26-12-14-16(21)5-4-6-17(14)22/h4-8,23H,9-12H2,1-3H3. The van der Waals surface area contributed by atoms with E-state index in [4.69, 9.17) is 21.1 Å². The summed E-state index contributed by atoms with van der Waals surface area (Å²) in [6.45, 7) is 2.35. The van der Waals surface area contributed by atoms with Gasteiger partial charge in [-0.25, -0.2) is 4.39 Å². The van der Waals surface area contributed by atoms with Gasteiger partial charge in [-0.3, -0.25) is 0 Å². The van der Waals surface area contributed by atoms with E-state index in [0.29, 0.717) is 28.6 Å².